The van der Waals surface area contributed by atoms with Crippen molar-refractivity contribution in [2.75, 3.05) is 7.11 Å². The summed E-state index contributed by atoms with van der Waals surface area (Å²) < 4.78 is 39.6. The number of fused-ring (bicyclic) bond motifs is 2. The second-order valence-corrected chi connectivity index (χ2v) is 8.48. The molecule has 4 aromatic rings. The van der Waals surface area contributed by atoms with E-state index in [9.17, 15) is 13.6 Å². The maximum absolute atomic E-state index is 13.5. The van der Waals surface area contributed by atoms with Gasteiger partial charge in [0.25, 0.3) is 5.56 Å². The van der Waals surface area contributed by atoms with Crippen molar-refractivity contribution in [1.29, 1.82) is 0 Å². The van der Waals surface area contributed by atoms with Gasteiger partial charge in [0.1, 0.15) is 16.7 Å². The molecule has 1 aromatic carbocycles. The van der Waals surface area contributed by atoms with Gasteiger partial charge in [-0.25, -0.2) is 23.4 Å². The average molecular weight is 447 g/mol. The third kappa shape index (κ3) is 3.89. The standard InChI is InChI=1S/C20H19F2N5O3S/c1-29-12-2-3-15-14(8-12)24-16(30-15)10-31-19-25-17-13(18(28)26-19)9-23-27(17)11-4-6-20(21,22)7-5-11/h2-3,8-9,11H,4-7,10H2,1H3,(H,25,26,28). The first kappa shape index (κ1) is 20.0. The van der Waals surface area contributed by atoms with Crippen LogP contribution >= 0.6 is 11.8 Å². The van der Waals surface area contributed by atoms with E-state index in [1.807, 2.05) is 0 Å². The Kier molecular flexibility index (Phi) is 4.92. The number of benzene rings is 1. The van der Waals surface area contributed by atoms with E-state index in [0.717, 1.165) is 0 Å². The van der Waals surface area contributed by atoms with Crippen LogP contribution in [0.2, 0.25) is 0 Å². The quantitative estimate of drug-likeness (QED) is 0.359. The summed E-state index contributed by atoms with van der Waals surface area (Å²) in [7, 11) is 1.58. The molecule has 11 heteroatoms. The molecule has 0 saturated heterocycles. The van der Waals surface area contributed by atoms with Crippen molar-refractivity contribution in [2.45, 2.75) is 48.6 Å². The van der Waals surface area contributed by atoms with Gasteiger partial charge in [0.2, 0.25) is 11.8 Å². The Morgan fingerprint density at radius 2 is 2.13 bits per heavy atom. The summed E-state index contributed by atoms with van der Waals surface area (Å²) >= 11 is 1.27. The Morgan fingerprint density at radius 1 is 1.32 bits per heavy atom. The zero-order chi connectivity index (χ0) is 21.6. The first-order valence-electron chi connectivity index (χ1n) is 9.83. The van der Waals surface area contributed by atoms with E-state index in [-0.39, 0.29) is 24.4 Å². The lowest BCUT2D eigenvalue weighted by Gasteiger charge is -2.28. The van der Waals surface area contributed by atoms with Crippen LogP contribution in [0.15, 0.2) is 38.8 Å². The number of methoxy groups -OCH3 is 1. The number of rotatable bonds is 5. The summed E-state index contributed by atoms with van der Waals surface area (Å²) in [6.45, 7) is 0. The molecule has 5 rings (SSSR count). The molecule has 8 nitrogen and oxygen atoms in total. The highest BCUT2D eigenvalue weighted by Gasteiger charge is 2.36. The van der Waals surface area contributed by atoms with Crippen molar-refractivity contribution < 1.29 is 17.9 Å². The van der Waals surface area contributed by atoms with Gasteiger partial charge in [-0.3, -0.25) is 4.79 Å². The van der Waals surface area contributed by atoms with Gasteiger partial charge in [-0.15, -0.1) is 0 Å². The maximum atomic E-state index is 13.5. The zero-order valence-electron chi connectivity index (χ0n) is 16.6. The van der Waals surface area contributed by atoms with Crippen LogP contribution in [-0.4, -0.2) is 37.8 Å². The SMILES string of the molecule is COc1ccc2oc(CSc3nc4c(cnn4C4CCC(F)(F)CC4)c(=O)[nH]3)nc2c1. The Balaban J connectivity index is 1.38. The Bertz CT molecular complexity index is 1310. The number of oxazole rings is 1. The Labute approximate surface area is 179 Å². The normalized spacial score (nSPS) is 16.9. The minimum absolute atomic E-state index is 0.188. The van der Waals surface area contributed by atoms with Crippen molar-refractivity contribution in [3.05, 3.63) is 40.6 Å². The van der Waals surface area contributed by atoms with Crippen molar-refractivity contribution in [1.82, 2.24) is 24.7 Å². The summed E-state index contributed by atoms with van der Waals surface area (Å²) in [5, 5.41) is 5.00. The van der Waals surface area contributed by atoms with E-state index in [4.69, 9.17) is 9.15 Å². The van der Waals surface area contributed by atoms with Crippen LogP contribution < -0.4 is 10.3 Å². The molecule has 0 atom stereocenters. The highest BCUT2D eigenvalue weighted by molar-refractivity contribution is 7.98. The monoisotopic (exact) mass is 447 g/mol. The molecule has 1 saturated carbocycles. The van der Waals surface area contributed by atoms with Crippen LogP contribution in [0.3, 0.4) is 0 Å². The van der Waals surface area contributed by atoms with Gasteiger partial charge < -0.3 is 14.1 Å². The molecule has 0 unspecified atom stereocenters. The number of nitrogens with one attached hydrogen (secondary N) is 1. The summed E-state index contributed by atoms with van der Waals surface area (Å²) in [5.41, 5.74) is 1.41. The number of halogens is 2. The van der Waals surface area contributed by atoms with Gasteiger partial charge in [0.15, 0.2) is 16.4 Å². The largest absolute Gasteiger partial charge is 0.497 e. The predicted molar refractivity (Wildman–Crippen MR) is 111 cm³/mol. The van der Waals surface area contributed by atoms with Crippen LogP contribution in [0, 0.1) is 0 Å². The molecule has 0 spiro atoms. The first-order valence-corrected chi connectivity index (χ1v) is 10.8. The topological polar surface area (TPSA) is 98.8 Å². The van der Waals surface area contributed by atoms with E-state index >= 15 is 0 Å². The minimum Gasteiger partial charge on any atom is -0.497 e. The molecule has 0 radical (unpaired) electrons. The fourth-order valence-electron chi connectivity index (χ4n) is 3.79. The smallest absolute Gasteiger partial charge is 0.262 e. The minimum atomic E-state index is -2.63. The van der Waals surface area contributed by atoms with Crippen molar-refractivity contribution in [2.24, 2.45) is 0 Å². The number of hydrogen-bond donors (Lipinski definition) is 1. The van der Waals surface area contributed by atoms with E-state index < -0.39 is 5.92 Å². The summed E-state index contributed by atoms with van der Waals surface area (Å²) in [5.74, 6) is -1.10. The molecule has 3 heterocycles. The number of ether oxygens (including phenoxy) is 1. The molecule has 0 amide bonds. The predicted octanol–water partition coefficient (Wildman–Crippen LogP) is 4.31. The van der Waals surface area contributed by atoms with Crippen LogP contribution in [-0.2, 0) is 5.75 Å². The number of alkyl halides is 2. The number of hydrogen-bond acceptors (Lipinski definition) is 7. The summed E-state index contributed by atoms with van der Waals surface area (Å²) in [6, 6.07) is 5.16. The summed E-state index contributed by atoms with van der Waals surface area (Å²) in [6.07, 6.45) is 1.66. The highest BCUT2D eigenvalue weighted by Crippen LogP contribution is 2.39. The van der Waals surface area contributed by atoms with Crippen molar-refractivity contribution in [3.63, 3.8) is 0 Å². The van der Waals surface area contributed by atoms with E-state index in [1.54, 1.807) is 30.0 Å². The molecule has 3 aromatic heterocycles. The lowest BCUT2D eigenvalue weighted by molar-refractivity contribution is -0.0446. The van der Waals surface area contributed by atoms with Gasteiger partial charge in [0.05, 0.1) is 25.1 Å². The number of H-pyrrole nitrogens is 1. The van der Waals surface area contributed by atoms with Crippen LogP contribution in [0.5, 0.6) is 5.75 Å². The fraction of sp³-hybridized carbons (Fsp3) is 0.400. The van der Waals surface area contributed by atoms with Gasteiger partial charge in [-0.05, 0) is 25.0 Å². The Morgan fingerprint density at radius 3 is 2.90 bits per heavy atom. The van der Waals surface area contributed by atoms with Crippen LogP contribution in [0.4, 0.5) is 8.78 Å². The third-order valence-corrected chi connectivity index (χ3v) is 6.30. The summed E-state index contributed by atoms with van der Waals surface area (Å²) in [4.78, 5) is 24.2. The number of thioether (sulfide) groups is 1. The van der Waals surface area contributed by atoms with Crippen LogP contribution in [0.25, 0.3) is 22.1 Å². The molecule has 1 N–H and O–H groups in total. The number of aromatic nitrogens is 5. The molecule has 31 heavy (non-hydrogen) atoms. The van der Waals surface area contributed by atoms with E-state index in [0.29, 0.717) is 57.5 Å². The molecular weight excluding hydrogens is 428 g/mol. The lowest BCUT2D eigenvalue weighted by atomic mass is 9.92. The van der Waals surface area contributed by atoms with Gasteiger partial charge in [-0.1, -0.05) is 11.8 Å². The number of aromatic amines is 1. The lowest BCUT2D eigenvalue weighted by Crippen LogP contribution is -2.27. The molecule has 1 fully saturated rings. The molecule has 0 bridgehead atoms. The van der Waals surface area contributed by atoms with Crippen LogP contribution in [0.1, 0.15) is 37.6 Å². The van der Waals surface area contributed by atoms with Crippen molar-refractivity contribution in [3.8, 4) is 5.75 Å². The molecule has 162 valence electrons. The van der Waals surface area contributed by atoms with Crippen molar-refractivity contribution >= 4 is 33.9 Å². The molecule has 1 aliphatic rings. The second-order valence-electron chi connectivity index (χ2n) is 7.51. The van der Waals surface area contributed by atoms with Gasteiger partial charge in [-0.2, -0.15) is 5.10 Å². The molecule has 1 aliphatic carbocycles. The van der Waals surface area contributed by atoms with Gasteiger partial charge in [0, 0.05) is 18.9 Å². The van der Waals surface area contributed by atoms with Gasteiger partial charge >= 0.3 is 0 Å². The third-order valence-electron chi connectivity index (χ3n) is 5.45. The zero-order valence-corrected chi connectivity index (χ0v) is 17.4. The van der Waals surface area contributed by atoms with E-state index in [2.05, 4.69) is 20.1 Å². The Hall–Kier alpha value is -2.95. The first-order chi connectivity index (χ1) is 14.9. The number of nitrogens with zero attached hydrogens (tertiary/aromatic N) is 4. The van der Waals surface area contributed by atoms with E-state index in [1.165, 1.54) is 18.0 Å². The fourth-order valence-corrected chi connectivity index (χ4v) is 4.49. The molecule has 0 aliphatic heterocycles. The maximum Gasteiger partial charge on any atom is 0.262 e. The molecular formula is C20H19F2N5O3S. The average Bonchev–Trinajstić information content (AvgIpc) is 3.36. The second kappa shape index (κ2) is 7.63. The highest BCUT2D eigenvalue weighted by atomic mass is 32.2.